The fourth-order valence-corrected chi connectivity index (χ4v) is 4.68. The summed E-state index contributed by atoms with van der Waals surface area (Å²) in [6.45, 7) is 6.11. The Kier molecular flexibility index (Phi) is 8.52. The van der Waals surface area contributed by atoms with Crippen LogP contribution in [0.1, 0.15) is 9.67 Å². The molecule has 0 unspecified atom stereocenters. The molecule has 10 heteroatoms. The molecule has 0 atom stereocenters. The molecule has 0 bridgehead atoms. The Morgan fingerprint density at radius 1 is 0.973 bits per heavy atom. The number of halogens is 1. The van der Waals surface area contributed by atoms with Gasteiger partial charge in [0.2, 0.25) is 5.91 Å². The molecule has 1 saturated heterocycles. The van der Waals surface area contributed by atoms with Crippen molar-refractivity contribution in [2.75, 3.05) is 54.8 Å². The van der Waals surface area contributed by atoms with E-state index >= 15 is 0 Å². The van der Waals surface area contributed by atoms with E-state index in [2.05, 4.69) is 22.1 Å². The Morgan fingerprint density at radius 2 is 1.70 bits per heavy atom. The van der Waals surface area contributed by atoms with E-state index in [0.717, 1.165) is 5.69 Å². The van der Waals surface area contributed by atoms with Crippen molar-refractivity contribution in [1.82, 2.24) is 9.80 Å². The second-order valence-corrected chi connectivity index (χ2v) is 9.38. The van der Waals surface area contributed by atoms with Crippen LogP contribution in [0.3, 0.4) is 0 Å². The maximum absolute atomic E-state index is 13.8. The zero-order valence-electron chi connectivity index (χ0n) is 20.2. The number of para-hydroxylation sites is 1. The number of urea groups is 1. The summed E-state index contributed by atoms with van der Waals surface area (Å²) in [5, 5.41) is 7.28. The molecule has 1 fully saturated rings. The number of thiophene rings is 1. The average molecular weight is 522 g/mol. The number of piperazine rings is 1. The van der Waals surface area contributed by atoms with Gasteiger partial charge in [-0.25, -0.2) is 9.18 Å². The summed E-state index contributed by atoms with van der Waals surface area (Å²) in [7, 11) is 0. The van der Waals surface area contributed by atoms with Gasteiger partial charge in [0, 0.05) is 44.1 Å². The molecular weight excluding hydrogens is 493 g/mol. The lowest BCUT2D eigenvalue weighted by Gasteiger charge is -2.36. The molecule has 1 aliphatic heterocycles. The van der Waals surface area contributed by atoms with Crippen LogP contribution in [0.15, 0.2) is 78.7 Å². The van der Waals surface area contributed by atoms with Gasteiger partial charge in [0.1, 0.15) is 12.4 Å². The summed E-state index contributed by atoms with van der Waals surface area (Å²) in [6, 6.07) is 16.7. The van der Waals surface area contributed by atoms with Crippen molar-refractivity contribution in [3.63, 3.8) is 0 Å². The van der Waals surface area contributed by atoms with Gasteiger partial charge in [0.05, 0.1) is 10.6 Å². The van der Waals surface area contributed by atoms with Gasteiger partial charge in [0.25, 0.3) is 5.91 Å². The third-order valence-electron chi connectivity index (χ3n) is 5.90. The predicted octanol–water partition coefficient (Wildman–Crippen LogP) is 4.51. The fourth-order valence-electron chi connectivity index (χ4n) is 3.99. The number of hydrogen-bond acceptors (Lipinski definition) is 5. The molecule has 4 rings (SSSR count). The van der Waals surface area contributed by atoms with Gasteiger partial charge in [-0.1, -0.05) is 24.3 Å². The smallest absolute Gasteiger partial charge is 0.322 e. The first-order valence-electron chi connectivity index (χ1n) is 11.8. The third-order valence-corrected chi connectivity index (χ3v) is 6.76. The van der Waals surface area contributed by atoms with Gasteiger partial charge in [-0.2, -0.15) is 0 Å². The summed E-state index contributed by atoms with van der Waals surface area (Å²) in [6.07, 6.45) is 1.59. The van der Waals surface area contributed by atoms with Crippen LogP contribution in [0.4, 0.5) is 26.2 Å². The SMILES string of the molecule is C=CCN(CC(=O)Nc1ccc(N2CCN(C(=O)Nc3ccccc3F)CC2)cc1)C(=O)c1cccs1. The van der Waals surface area contributed by atoms with Crippen molar-refractivity contribution >= 4 is 46.2 Å². The number of amides is 4. The van der Waals surface area contributed by atoms with E-state index in [1.165, 1.54) is 28.4 Å². The molecule has 0 aliphatic carbocycles. The summed E-state index contributed by atoms with van der Waals surface area (Å²) in [5.41, 5.74) is 1.75. The zero-order chi connectivity index (χ0) is 26.2. The molecule has 8 nitrogen and oxygen atoms in total. The van der Waals surface area contributed by atoms with Crippen LogP contribution in [-0.2, 0) is 4.79 Å². The van der Waals surface area contributed by atoms with Crippen molar-refractivity contribution < 1.29 is 18.8 Å². The summed E-state index contributed by atoms with van der Waals surface area (Å²) in [5.74, 6) is -0.972. The molecule has 4 amide bonds. The van der Waals surface area contributed by atoms with Crippen LogP contribution in [0, 0.1) is 5.82 Å². The molecule has 0 spiro atoms. The molecule has 0 radical (unpaired) electrons. The van der Waals surface area contributed by atoms with E-state index in [1.807, 2.05) is 29.6 Å². The summed E-state index contributed by atoms with van der Waals surface area (Å²) in [4.78, 5) is 43.5. The maximum atomic E-state index is 13.8. The van der Waals surface area contributed by atoms with Crippen LogP contribution < -0.4 is 15.5 Å². The monoisotopic (exact) mass is 521 g/mol. The molecular formula is C27H28FN5O3S. The fraction of sp³-hybridized carbons (Fsp3) is 0.222. The first kappa shape index (κ1) is 25.9. The molecule has 2 heterocycles. The Labute approximate surface area is 219 Å². The van der Waals surface area contributed by atoms with Gasteiger partial charge in [-0.15, -0.1) is 17.9 Å². The number of anilines is 3. The molecule has 37 heavy (non-hydrogen) atoms. The van der Waals surface area contributed by atoms with E-state index in [1.54, 1.807) is 35.2 Å². The molecule has 0 saturated carbocycles. The highest BCUT2D eigenvalue weighted by molar-refractivity contribution is 7.12. The first-order valence-corrected chi connectivity index (χ1v) is 12.7. The Bertz CT molecular complexity index is 1240. The van der Waals surface area contributed by atoms with Crippen molar-refractivity contribution in [1.29, 1.82) is 0 Å². The normalized spacial score (nSPS) is 13.1. The van der Waals surface area contributed by atoms with Gasteiger partial charge in [-0.05, 0) is 47.8 Å². The highest BCUT2D eigenvalue weighted by Crippen LogP contribution is 2.21. The molecule has 192 valence electrons. The number of hydrogen-bond donors (Lipinski definition) is 2. The number of nitrogens with one attached hydrogen (secondary N) is 2. The summed E-state index contributed by atoms with van der Waals surface area (Å²) >= 11 is 1.33. The van der Waals surface area contributed by atoms with Crippen LogP contribution in [0.2, 0.25) is 0 Å². The number of nitrogens with zero attached hydrogens (tertiary/aromatic N) is 3. The molecule has 1 aromatic heterocycles. The molecule has 2 N–H and O–H groups in total. The minimum absolute atomic E-state index is 0.0819. The van der Waals surface area contributed by atoms with Crippen LogP contribution in [0.25, 0.3) is 0 Å². The Balaban J connectivity index is 1.27. The van der Waals surface area contributed by atoms with Crippen molar-refractivity contribution in [2.24, 2.45) is 0 Å². The van der Waals surface area contributed by atoms with Gasteiger partial charge in [0.15, 0.2) is 0 Å². The van der Waals surface area contributed by atoms with Crippen molar-refractivity contribution in [2.45, 2.75) is 0 Å². The van der Waals surface area contributed by atoms with Crippen molar-refractivity contribution in [3.8, 4) is 0 Å². The van der Waals surface area contributed by atoms with Gasteiger partial charge < -0.3 is 25.3 Å². The second kappa shape index (κ2) is 12.2. The molecule has 2 aromatic carbocycles. The van der Waals surface area contributed by atoms with Crippen LogP contribution in [0.5, 0.6) is 0 Å². The van der Waals surface area contributed by atoms with E-state index in [-0.39, 0.29) is 36.6 Å². The largest absolute Gasteiger partial charge is 0.368 e. The highest BCUT2D eigenvalue weighted by Gasteiger charge is 2.22. The molecule has 1 aliphatic rings. The highest BCUT2D eigenvalue weighted by atomic mass is 32.1. The lowest BCUT2D eigenvalue weighted by Crippen LogP contribution is -2.50. The number of carbonyl (C=O) groups excluding carboxylic acids is 3. The van der Waals surface area contributed by atoms with E-state index in [4.69, 9.17) is 0 Å². The third kappa shape index (κ3) is 6.73. The minimum Gasteiger partial charge on any atom is -0.368 e. The second-order valence-electron chi connectivity index (χ2n) is 8.43. The van der Waals surface area contributed by atoms with E-state index in [0.29, 0.717) is 36.7 Å². The average Bonchev–Trinajstić information content (AvgIpc) is 3.45. The lowest BCUT2D eigenvalue weighted by atomic mass is 10.2. The zero-order valence-corrected chi connectivity index (χ0v) is 21.0. The van der Waals surface area contributed by atoms with Crippen LogP contribution >= 0.6 is 11.3 Å². The standard InChI is InChI=1S/C27H28FN5O3S/c1-2-13-33(26(35)24-8-5-18-37-24)19-25(34)29-20-9-11-21(12-10-20)31-14-16-32(17-15-31)27(36)30-23-7-4-3-6-22(23)28/h2-12,18H,1,13-17,19H2,(H,29,34)(H,30,36). The van der Waals surface area contributed by atoms with E-state index < -0.39 is 5.82 Å². The molecule has 3 aromatic rings. The summed E-state index contributed by atoms with van der Waals surface area (Å²) < 4.78 is 13.8. The number of carbonyl (C=O) groups is 3. The predicted molar refractivity (Wildman–Crippen MR) is 145 cm³/mol. The maximum Gasteiger partial charge on any atom is 0.322 e. The minimum atomic E-state index is -0.468. The van der Waals surface area contributed by atoms with Crippen LogP contribution in [-0.4, -0.2) is 66.9 Å². The van der Waals surface area contributed by atoms with E-state index in [9.17, 15) is 18.8 Å². The van der Waals surface area contributed by atoms with Gasteiger partial charge in [-0.3, -0.25) is 9.59 Å². The first-order chi connectivity index (χ1) is 17.9. The lowest BCUT2D eigenvalue weighted by molar-refractivity contribution is -0.116. The quantitative estimate of drug-likeness (QED) is 0.427. The van der Waals surface area contributed by atoms with Crippen molar-refractivity contribution in [3.05, 3.63) is 89.4 Å². The number of benzene rings is 2. The topological polar surface area (TPSA) is 85.0 Å². The Hall–Kier alpha value is -4.18. The van der Waals surface area contributed by atoms with Gasteiger partial charge >= 0.3 is 6.03 Å². The Morgan fingerprint density at radius 3 is 2.35 bits per heavy atom. The number of rotatable bonds is 8.